The van der Waals surface area contributed by atoms with Gasteiger partial charge in [-0.05, 0) is 6.07 Å². The van der Waals surface area contributed by atoms with Crippen molar-refractivity contribution in [3.05, 3.63) is 42.2 Å². The van der Waals surface area contributed by atoms with Crippen molar-refractivity contribution in [2.45, 2.75) is 12.8 Å². The van der Waals surface area contributed by atoms with E-state index in [1.165, 1.54) is 7.11 Å². The van der Waals surface area contributed by atoms with Crippen LogP contribution in [0.4, 0.5) is 0 Å². The molecular formula is C14H14O4. The van der Waals surface area contributed by atoms with Crippen molar-refractivity contribution in [2.75, 3.05) is 7.11 Å². The molecule has 0 spiro atoms. The van der Waals surface area contributed by atoms with Crippen molar-refractivity contribution in [1.29, 1.82) is 0 Å². The molecule has 4 nitrogen and oxygen atoms in total. The van der Waals surface area contributed by atoms with Gasteiger partial charge in [0.2, 0.25) is 0 Å². The Morgan fingerprint density at radius 1 is 1.56 bits per heavy atom. The number of furan rings is 1. The van der Waals surface area contributed by atoms with Crippen molar-refractivity contribution >= 4 is 16.9 Å². The summed E-state index contributed by atoms with van der Waals surface area (Å²) in [7, 11) is 1.34. The number of fused-ring (bicyclic) bond motifs is 1. The second-order valence-corrected chi connectivity index (χ2v) is 3.90. The number of hydrogen-bond acceptors (Lipinski definition) is 4. The Labute approximate surface area is 104 Å². The van der Waals surface area contributed by atoms with Gasteiger partial charge in [0, 0.05) is 17.4 Å². The second kappa shape index (κ2) is 4.96. The molecule has 0 aliphatic heterocycles. The van der Waals surface area contributed by atoms with Gasteiger partial charge in [0.1, 0.15) is 5.76 Å². The zero-order valence-corrected chi connectivity index (χ0v) is 10.1. The van der Waals surface area contributed by atoms with E-state index in [-0.39, 0.29) is 18.1 Å². The molecule has 0 amide bonds. The first-order valence-electron chi connectivity index (χ1n) is 5.57. The molecule has 0 bridgehead atoms. The lowest BCUT2D eigenvalue weighted by Gasteiger charge is -2.00. The molecule has 0 radical (unpaired) electrons. The quantitative estimate of drug-likeness (QED) is 0.665. The zero-order chi connectivity index (χ0) is 13.1. The van der Waals surface area contributed by atoms with Gasteiger partial charge >= 0.3 is 5.97 Å². The number of phenols is 1. The first kappa shape index (κ1) is 12.2. The van der Waals surface area contributed by atoms with E-state index in [0.29, 0.717) is 17.8 Å². The molecule has 0 atom stereocenters. The Balaban J connectivity index is 2.58. The van der Waals surface area contributed by atoms with Crippen molar-refractivity contribution < 1.29 is 19.1 Å². The number of esters is 1. The zero-order valence-electron chi connectivity index (χ0n) is 10.1. The van der Waals surface area contributed by atoms with Crippen LogP contribution >= 0.6 is 0 Å². The molecule has 0 saturated carbocycles. The van der Waals surface area contributed by atoms with E-state index < -0.39 is 0 Å². The summed E-state index contributed by atoms with van der Waals surface area (Å²) in [5, 5.41) is 10.5. The lowest BCUT2D eigenvalue weighted by molar-refractivity contribution is -0.139. The smallest absolute Gasteiger partial charge is 0.310 e. The van der Waals surface area contributed by atoms with Crippen LogP contribution in [0.1, 0.15) is 11.3 Å². The van der Waals surface area contributed by atoms with Gasteiger partial charge in [-0.15, -0.1) is 6.58 Å². The summed E-state index contributed by atoms with van der Waals surface area (Å²) in [6.45, 7) is 3.65. The number of carbonyl (C=O) groups is 1. The number of rotatable bonds is 4. The van der Waals surface area contributed by atoms with Crippen LogP contribution in [0.5, 0.6) is 5.75 Å². The van der Waals surface area contributed by atoms with Crippen LogP contribution in [-0.2, 0) is 22.4 Å². The van der Waals surface area contributed by atoms with E-state index in [2.05, 4.69) is 11.3 Å². The molecular weight excluding hydrogens is 232 g/mol. The van der Waals surface area contributed by atoms with E-state index in [1.54, 1.807) is 18.2 Å². The highest BCUT2D eigenvalue weighted by molar-refractivity contribution is 5.90. The molecule has 1 aromatic carbocycles. The molecule has 0 aliphatic carbocycles. The fourth-order valence-corrected chi connectivity index (χ4v) is 1.91. The molecule has 18 heavy (non-hydrogen) atoms. The number of carbonyl (C=O) groups excluding carboxylic acids is 1. The molecule has 4 heteroatoms. The minimum absolute atomic E-state index is 0.0638. The Bertz CT molecular complexity index is 595. The fourth-order valence-electron chi connectivity index (χ4n) is 1.91. The summed E-state index contributed by atoms with van der Waals surface area (Å²) in [6, 6.07) is 5.07. The molecule has 2 rings (SSSR count). The normalized spacial score (nSPS) is 10.5. The minimum atomic E-state index is -0.341. The number of hydrogen-bond donors (Lipinski definition) is 1. The fraction of sp³-hybridized carbons (Fsp3) is 0.214. The maximum absolute atomic E-state index is 11.4. The van der Waals surface area contributed by atoms with E-state index in [0.717, 1.165) is 10.9 Å². The number of allylic oxidation sites excluding steroid dienone is 1. The number of aromatic hydroxyl groups is 1. The van der Waals surface area contributed by atoms with E-state index in [4.69, 9.17) is 4.42 Å². The standard InChI is InChI=1S/C14H14O4/c1-3-5-12-10(8-13(16)17-2)9-6-4-7-11(15)14(9)18-12/h3-4,6-7,15H,1,5,8H2,2H3. The molecule has 0 saturated heterocycles. The first-order valence-corrected chi connectivity index (χ1v) is 5.57. The lowest BCUT2D eigenvalue weighted by Crippen LogP contribution is -2.05. The van der Waals surface area contributed by atoms with Gasteiger partial charge in [0.15, 0.2) is 11.3 Å². The summed E-state index contributed by atoms with van der Waals surface area (Å²) in [5.74, 6) is 0.354. The average Bonchev–Trinajstić information content (AvgIpc) is 2.70. The van der Waals surface area contributed by atoms with Gasteiger partial charge in [-0.25, -0.2) is 0 Å². The van der Waals surface area contributed by atoms with Gasteiger partial charge in [0.25, 0.3) is 0 Å². The SMILES string of the molecule is C=CCc1oc2c(O)cccc2c1CC(=O)OC. The highest BCUT2D eigenvalue weighted by atomic mass is 16.5. The van der Waals surface area contributed by atoms with Crippen molar-refractivity contribution in [1.82, 2.24) is 0 Å². The molecule has 94 valence electrons. The lowest BCUT2D eigenvalue weighted by atomic mass is 10.1. The average molecular weight is 246 g/mol. The predicted octanol–water partition coefficient (Wildman–Crippen LogP) is 2.58. The first-order chi connectivity index (χ1) is 8.67. The van der Waals surface area contributed by atoms with Crippen LogP contribution in [0.15, 0.2) is 35.3 Å². The molecule has 2 aromatic rings. The molecule has 0 aliphatic rings. The third-order valence-corrected chi connectivity index (χ3v) is 2.76. The van der Waals surface area contributed by atoms with E-state index in [9.17, 15) is 9.90 Å². The maximum Gasteiger partial charge on any atom is 0.310 e. The maximum atomic E-state index is 11.4. The summed E-state index contributed by atoms with van der Waals surface area (Å²) in [5.41, 5.74) is 1.14. The monoisotopic (exact) mass is 246 g/mol. The summed E-state index contributed by atoms with van der Waals surface area (Å²) in [6.07, 6.45) is 2.31. The van der Waals surface area contributed by atoms with Crippen molar-refractivity contribution in [3.8, 4) is 5.75 Å². The van der Waals surface area contributed by atoms with Crippen LogP contribution in [0, 0.1) is 0 Å². The number of para-hydroxylation sites is 1. The van der Waals surface area contributed by atoms with Crippen LogP contribution in [0.25, 0.3) is 11.0 Å². The van der Waals surface area contributed by atoms with Crippen molar-refractivity contribution in [3.63, 3.8) is 0 Å². The van der Waals surface area contributed by atoms with Gasteiger partial charge in [-0.1, -0.05) is 18.2 Å². The molecule has 1 heterocycles. The Morgan fingerprint density at radius 2 is 2.33 bits per heavy atom. The molecule has 0 unspecified atom stereocenters. The summed E-state index contributed by atoms with van der Waals surface area (Å²) >= 11 is 0. The minimum Gasteiger partial charge on any atom is -0.504 e. The highest BCUT2D eigenvalue weighted by Crippen LogP contribution is 2.32. The number of methoxy groups -OCH3 is 1. The van der Waals surface area contributed by atoms with Gasteiger partial charge in [0.05, 0.1) is 13.5 Å². The summed E-state index contributed by atoms with van der Waals surface area (Å²) in [4.78, 5) is 11.4. The third kappa shape index (κ3) is 2.09. The topological polar surface area (TPSA) is 59.7 Å². The van der Waals surface area contributed by atoms with E-state index >= 15 is 0 Å². The van der Waals surface area contributed by atoms with Crippen molar-refractivity contribution in [2.24, 2.45) is 0 Å². The van der Waals surface area contributed by atoms with Crippen LogP contribution in [-0.4, -0.2) is 18.2 Å². The second-order valence-electron chi connectivity index (χ2n) is 3.90. The van der Waals surface area contributed by atoms with Crippen LogP contribution < -0.4 is 0 Å². The van der Waals surface area contributed by atoms with E-state index in [1.807, 2.05) is 6.07 Å². The molecule has 0 fully saturated rings. The third-order valence-electron chi connectivity index (χ3n) is 2.76. The van der Waals surface area contributed by atoms with Gasteiger partial charge in [-0.2, -0.15) is 0 Å². The molecule has 1 aromatic heterocycles. The number of ether oxygens (including phenoxy) is 1. The predicted molar refractivity (Wildman–Crippen MR) is 67.5 cm³/mol. The highest BCUT2D eigenvalue weighted by Gasteiger charge is 2.18. The largest absolute Gasteiger partial charge is 0.504 e. The van der Waals surface area contributed by atoms with Crippen LogP contribution in [0.2, 0.25) is 0 Å². The Morgan fingerprint density at radius 3 is 3.00 bits per heavy atom. The van der Waals surface area contributed by atoms with Crippen LogP contribution in [0.3, 0.4) is 0 Å². The molecule has 1 N–H and O–H groups in total. The van der Waals surface area contributed by atoms with Gasteiger partial charge in [-0.3, -0.25) is 4.79 Å². The van der Waals surface area contributed by atoms with Gasteiger partial charge < -0.3 is 14.3 Å². The number of benzene rings is 1. The Hall–Kier alpha value is -2.23. The Kier molecular flexibility index (Phi) is 3.37. The summed E-state index contributed by atoms with van der Waals surface area (Å²) < 4.78 is 10.3. The number of phenolic OH excluding ortho intramolecular Hbond substituents is 1.